The molecular formula is C12H20N2O3S. The number of esters is 1. The van der Waals surface area contributed by atoms with E-state index in [0.717, 1.165) is 11.5 Å². The normalized spacial score (nSPS) is 12.4. The van der Waals surface area contributed by atoms with Crippen LogP contribution in [0.15, 0.2) is 9.64 Å². The number of oxazole rings is 1. The first kappa shape index (κ1) is 15.0. The monoisotopic (exact) mass is 272 g/mol. The second-order valence-electron chi connectivity index (χ2n) is 3.79. The summed E-state index contributed by atoms with van der Waals surface area (Å²) in [7, 11) is 0. The number of aromatic nitrogens is 1. The van der Waals surface area contributed by atoms with Crippen LogP contribution in [-0.4, -0.2) is 35.9 Å². The highest BCUT2D eigenvalue weighted by molar-refractivity contribution is 7.99. The zero-order chi connectivity index (χ0) is 13.5. The van der Waals surface area contributed by atoms with E-state index < -0.39 is 0 Å². The Morgan fingerprint density at radius 1 is 1.50 bits per heavy atom. The molecule has 0 aromatic carbocycles. The van der Waals surface area contributed by atoms with Crippen LogP contribution < -0.4 is 5.32 Å². The molecule has 0 fully saturated rings. The van der Waals surface area contributed by atoms with Gasteiger partial charge < -0.3 is 14.5 Å². The maximum Gasteiger partial charge on any atom is 0.323 e. The average molecular weight is 272 g/mol. The summed E-state index contributed by atoms with van der Waals surface area (Å²) in [4.78, 5) is 15.9. The van der Waals surface area contributed by atoms with Crippen molar-refractivity contribution in [2.75, 3.05) is 18.9 Å². The summed E-state index contributed by atoms with van der Waals surface area (Å²) in [6.45, 7) is 8.64. The molecule has 0 spiro atoms. The number of carbonyl (C=O) groups excluding carboxylic acids is 1. The predicted molar refractivity (Wildman–Crippen MR) is 70.8 cm³/mol. The molecule has 0 radical (unpaired) electrons. The summed E-state index contributed by atoms with van der Waals surface area (Å²) in [5.41, 5.74) is 0.883. The zero-order valence-electron chi connectivity index (χ0n) is 11.3. The fraction of sp³-hybridized carbons (Fsp3) is 0.667. The van der Waals surface area contributed by atoms with E-state index in [1.165, 1.54) is 11.8 Å². The molecule has 0 amide bonds. The summed E-state index contributed by atoms with van der Waals surface area (Å²) in [6, 6.07) is -0.326. The van der Waals surface area contributed by atoms with Crippen molar-refractivity contribution in [3.05, 3.63) is 11.5 Å². The summed E-state index contributed by atoms with van der Waals surface area (Å²) in [5, 5.41) is 3.69. The van der Waals surface area contributed by atoms with Gasteiger partial charge in [0.15, 0.2) is 0 Å². The van der Waals surface area contributed by atoms with Gasteiger partial charge in [0.1, 0.15) is 11.8 Å². The Labute approximate surface area is 112 Å². The van der Waals surface area contributed by atoms with Crippen molar-refractivity contribution in [1.82, 2.24) is 10.3 Å². The first-order valence-corrected chi connectivity index (χ1v) is 7.03. The van der Waals surface area contributed by atoms with E-state index in [1.54, 1.807) is 6.92 Å². The van der Waals surface area contributed by atoms with Gasteiger partial charge >= 0.3 is 5.97 Å². The van der Waals surface area contributed by atoms with Crippen molar-refractivity contribution in [2.24, 2.45) is 0 Å². The van der Waals surface area contributed by atoms with Gasteiger partial charge in [-0.3, -0.25) is 4.79 Å². The van der Waals surface area contributed by atoms with Crippen LogP contribution in [-0.2, 0) is 9.53 Å². The smallest absolute Gasteiger partial charge is 0.323 e. The number of hydrogen-bond acceptors (Lipinski definition) is 6. The van der Waals surface area contributed by atoms with Crippen LogP contribution in [0.3, 0.4) is 0 Å². The standard InChI is InChI=1S/C12H20N2O3S/c1-5-13-10(11(15)16-6-2)7-18-12-14-8(3)9(4)17-12/h10,13H,5-7H2,1-4H3. The Kier molecular flexibility index (Phi) is 6.21. The summed E-state index contributed by atoms with van der Waals surface area (Å²) in [5.74, 6) is 1.13. The second kappa shape index (κ2) is 7.43. The maximum atomic E-state index is 11.7. The summed E-state index contributed by atoms with van der Waals surface area (Å²) >= 11 is 1.42. The van der Waals surface area contributed by atoms with E-state index in [0.29, 0.717) is 24.1 Å². The van der Waals surface area contributed by atoms with Crippen LogP contribution in [0, 0.1) is 13.8 Å². The third-order valence-electron chi connectivity index (χ3n) is 2.40. The first-order chi connectivity index (χ1) is 8.58. The van der Waals surface area contributed by atoms with E-state index in [-0.39, 0.29) is 12.0 Å². The van der Waals surface area contributed by atoms with Gasteiger partial charge in [-0.15, -0.1) is 0 Å². The quantitative estimate of drug-likeness (QED) is 0.604. The Morgan fingerprint density at radius 3 is 2.72 bits per heavy atom. The number of nitrogens with one attached hydrogen (secondary N) is 1. The highest BCUT2D eigenvalue weighted by Crippen LogP contribution is 2.21. The SMILES string of the molecule is CCNC(CSc1nc(C)c(C)o1)C(=O)OCC. The molecule has 102 valence electrons. The first-order valence-electron chi connectivity index (χ1n) is 6.05. The number of aryl methyl sites for hydroxylation is 2. The third kappa shape index (κ3) is 4.34. The van der Waals surface area contributed by atoms with E-state index in [2.05, 4.69) is 10.3 Å². The van der Waals surface area contributed by atoms with Crippen LogP contribution in [0.5, 0.6) is 0 Å². The molecule has 0 aliphatic heterocycles. The summed E-state index contributed by atoms with van der Waals surface area (Å²) < 4.78 is 10.5. The van der Waals surface area contributed by atoms with Gasteiger partial charge in [0.2, 0.25) is 0 Å². The van der Waals surface area contributed by atoms with E-state index in [4.69, 9.17) is 9.15 Å². The minimum atomic E-state index is -0.326. The van der Waals surface area contributed by atoms with Crippen molar-refractivity contribution in [3.63, 3.8) is 0 Å². The lowest BCUT2D eigenvalue weighted by Gasteiger charge is -2.14. The molecule has 18 heavy (non-hydrogen) atoms. The fourth-order valence-corrected chi connectivity index (χ4v) is 2.31. The molecule has 1 aromatic rings. The highest BCUT2D eigenvalue weighted by Gasteiger charge is 2.20. The number of thioether (sulfide) groups is 1. The minimum Gasteiger partial charge on any atom is -0.465 e. The molecule has 1 rings (SSSR count). The van der Waals surface area contributed by atoms with Crippen molar-refractivity contribution < 1.29 is 13.9 Å². The summed E-state index contributed by atoms with van der Waals surface area (Å²) in [6.07, 6.45) is 0. The Balaban J connectivity index is 2.53. The predicted octanol–water partition coefficient (Wildman–Crippen LogP) is 1.92. The molecule has 0 saturated heterocycles. The van der Waals surface area contributed by atoms with E-state index >= 15 is 0 Å². The van der Waals surface area contributed by atoms with Gasteiger partial charge in [0, 0.05) is 5.75 Å². The second-order valence-corrected chi connectivity index (χ2v) is 4.77. The van der Waals surface area contributed by atoms with Gasteiger partial charge in [-0.05, 0) is 27.3 Å². The van der Waals surface area contributed by atoms with Gasteiger partial charge in [-0.2, -0.15) is 0 Å². The van der Waals surface area contributed by atoms with E-state index in [9.17, 15) is 4.79 Å². The van der Waals surface area contributed by atoms with E-state index in [1.807, 2.05) is 20.8 Å². The Hall–Kier alpha value is -1.01. The highest BCUT2D eigenvalue weighted by atomic mass is 32.2. The van der Waals surface area contributed by atoms with Crippen molar-refractivity contribution in [3.8, 4) is 0 Å². The minimum absolute atomic E-state index is 0.230. The number of likely N-dealkylation sites (N-methyl/N-ethyl adjacent to an activating group) is 1. The Bertz CT molecular complexity index is 373. The lowest BCUT2D eigenvalue weighted by Crippen LogP contribution is -2.40. The zero-order valence-corrected chi connectivity index (χ0v) is 12.1. The molecule has 1 N–H and O–H groups in total. The lowest BCUT2D eigenvalue weighted by atomic mass is 10.3. The number of rotatable bonds is 7. The molecule has 0 aliphatic carbocycles. The van der Waals surface area contributed by atoms with Crippen LogP contribution >= 0.6 is 11.8 Å². The topological polar surface area (TPSA) is 64.4 Å². The largest absolute Gasteiger partial charge is 0.465 e. The van der Waals surface area contributed by atoms with Crippen molar-refractivity contribution in [2.45, 2.75) is 39.0 Å². The van der Waals surface area contributed by atoms with Gasteiger partial charge in [-0.1, -0.05) is 18.7 Å². The van der Waals surface area contributed by atoms with Gasteiger partial charge in [0.05, 0.1) is 12.3 Å². The molecule has 0 saturated carbocycles. The van der Waals surface area contributed by atoms with Gasteiger partial charge in [0.25, 0.3) is 5.22 Å². The fourth-order valence-electron chi connectivity index (χ4n) is 1.36. The number of nitrogens with zero attached hydrogens (tertiary/aromatic N) is 1. The third-order valence-corrected chi connectivity index (χ3v) is 3.33. The van der Waals surface area contributed by atoms with Crippen LogP contribution in [0.2, 0.25) is 0 Å². The maximum absolute atomic E-state index is 11.7. The molecule has 0 bridgehead atoms. The molecule has 1 unspecified atom stereocenters. The lowest BCUT2D eigenvalue weighted by molar-refractivity contribution is -0.144. The van der Waals surface area contributed by atoms with Crippen LogP contribution in [0.25, 0.3) is 0 Å². The molecule has 6 heteroatoms. The van der Waals surface area contributed by atoms with Crippen molar-refractivity contribution in [1.29, 1.82) is 0 Å². The Morgan fingerprint density at radius 2 is 2.22 bits per heavy atom. The molecule has 5 nitrogen and oxygen atoms in total. The number of hydrogen-bond donors (Lipinski definition) is 1. The van der Waals surface area contributed by atoms with Crippen LogP contribution in [0.4, 0.5) is 0 Å². The molecule has 1 heterocycles. The number of carbonyl (C=O) groups is 1. The molecular weight excluding hydrogens is 252 g/mol. The molecule has 1 aromatic heterocycles. The average Bonchev–Trinajstić information content (AvgIpc) is 2.64. The van der Waals surface area contributed by atoms with Gasteiger partial charge in [-0.25, -0.2) is 4.98 Å². The molecule has 0 aliphatic rings. The van der Waals surface area contributed by atoms with Crippen LogP contribution in [0.1, 0.15) is 25.3 Å². The number of ether oxygens (including phenoxy) is 1. The van der Waals surface area contributed by atoms with Crippen molar-refractivity contribution >= 4 is 17.7 Å². The molecule has 1 atom stereocenters.